The van der Waals surface area contributed by atoms with E-state index in [-0.39, 0.29) is 30.0 Å². The quantitative estimate of drug-likeness (QED) is 0.269. The zero-order valence-electron chi connectivity index (χ0n) is 23.3. The molecule has 0 aliphatic rings. The van der Waals surface area contributed by atoms with Crippen LogP contribution in [0.5, 0.6) is 0 Å². The monoisotopic (exact) mass is 554 g/mol. The summed E-state index contributed by atoms with van der Waals surface area (Å²) in [7, 11) is 0. The molecule has 2 N–H and O–H groups in total. The molecule has 0 aliphatic carbocycles. The molecule has 0 spiro atoms. The van der Waals surface area contributed by atoms with E-state index in [1.165, 1.54) is 22.9 Å². The van der Waals surface area contributed by atoms with Crippen molar-refractivity contribution >= 4 is 11.9 Å². The van der Waals surface area contributed by atoms with Crippen molar-refractivity contribution in [2.45, 2.75) is 52.4 Å². The number of carbonyl (C=O) groups excluding carboxylic acids is 2. The number of ketones is 1. The fraction of sp³-hybridized carbons (Fsp3) is 0.250. The minimum Gasteiger partial charge on any atom is -0.444 e. The molecule has 1 aromatic heterocycles. The number of nitriles is 1. The molecule has 0 radical (unpaired) electrons. The van der Waals surface area contributed by atoms with Crippen LogP contribution in [0, 0.1) is 24.1 Å². The molecule has 0 fully saturated rings. The van der Waals surface area contributed by atoms with Crippen LogP contribution in [0.15, 0.2) is 72.8 Å². The van der Waals surface area contributed by atoms with Gasteiger partial charge in [-0.2, -0.15) is 10.4 Å². The lowest BCUT2D eigenvalue weighted by Crippen LogP contribution is -2.32. The van der Waals surface area contributed by atoms with Crippen LogP contribution in [0.2, 0.25) is 0 Å². The largest absolute Gasteiger partial charge is 0.444 e. The summed E-state index contributed by atoms with van der Waals surface area (Å²) in [5.41, 5.74) is 3.22. The van der Waals surface area contributed by atoms with Crippen LogP contribution in [0.4, 0.5) is 9.18 Å². The lowest BCUT2D eigenvalue weighted by Gasteiger charge is -2.19. The molecule has 3 aromatic carbocycles. The number of Topliss-reactive ketones (excluding diaryl/α,β-unsaturated/α-hetero) is 1. The van der Waals surface area contributed by atoms with Gasteiger partial charge in [0, 0.05) is 13.0 Å². The van der Waals surface area contributed by atoms with E-state index >= 15 is 0 Å². The molecule has 9 heteroatoms. The third kappa shape index (κ3) is 7.44. The maximum absolute atomic E-state index is 14.8. The number of aryl methyl sites for hydroxylation is 1. The van der Waals surface area contributed by atoms with Gasteiger partial charge in [0.2, 0.25) is 0 Å². The summed E-state index contributed by atoms with van der Waals surface area (Å²) in [6.45, 7) is 7.32. The Balaban J connectivity index is 1.54. The first-order chi connectivity index (χ1) is 19.4. The third-order valence-corrected chi connectivity index (χ3v) is 6.20. The molecule has 1 amide bonds. The number of carbonyl (C=O) groups is 2. The molecule has 1 atom stereocenters. The van der Waals surface area contributed by atoms with Gasteiger partial charge in [-0.15, -0.1) is 0 Å². The van der Waals surface area contributed by atoms with E-state index in [1.54, 1.807) is 76.2 Å². The highest BCUT2D eigenvalue weighted by Crippen LogP contribution is 2.25. The average Bonchev–Trinajstić information content (AvgIpc) is 3.34. The van der Waals surface area contributed by atoms with Gasteiger partial charge >= 0.3 is 6.09 Å². The van der Waals surface area contributed by atoms with Gasteiger partial charge in [0.15, 0.2) is 5.78 Å². The van der Waals surface area contributed by atoms with Gasteiger partial charge < -0.3 is 15.2 Å². The molecule has 0 saturated carbocycles. The summed E-state index contributed by atoms with van der Waals surface area (Å²) in [4.78, 5) is 25.5. The van der Waals surface area contributed by atoms with Crippen LogP contribution in [-0.2, 0) is 17.7 Å². The molecule has 0 bridgehead atoms. The lowest BCUT2D eigenvalue weighted by molar-refractivity contribution is 0.0523. The molecule has 210 valence electrons. The molecule has 0 aliphatic heterocycles. The Labute approximate surface area is 238 Å². The highest BCUT2D eigenvalue weighted by atomic mass is 19.1. The third-order valence-electron chi connectivity index (χ3n) is 6.20. The van der Waals surface area contributed by atoms with Crippen molar-refractivity contribution in [1.82, 2.24) is 15.1 Å². The van der Waals surface area contributed by atoms with Crippen LogP contribution in [0.25, 0.3) is 5.69 Å². The molecular formula is C32H31FN4O4. The number of amides is 1. The van der Waals surface area contributed by atoms with E-state index in [2.05, 4.69) is 10.4 Å². The van der Waals surface area contributed by atoms with Crippen molar-refractivity contribution in [3.8, 4) is 11.8 Å². The number of nitrogens with zero attached hydrogens (tertiary/aromatic N) is 3. The summed E-state index contributed by atoms with van der Waals surface area (Å²) in [5, 5.41) is 27.0. The lowest BCUT2D eigenvalue weighted by atomic mass is 9.96. The van der Waals surface area contributed by atoms with Crippen molar-refractivity contribution in [2.24, 2.45) is 0 Å². The van der Waals surface area contributed by atoms with Gasteiger partial charge in [0.05, 0.1) is 23.0 Å². The van der Waals surface area contributed by atoms with Crippen LogP contribution in [0.1, 0.15) is 70.9 Å². The second-order valence-corrected chi connectivity index (χ2v) is 10.7. The predicted octanol–water partition coefficient (Wildman–Crippen LogP) is 5.72. The van der Waals surface area contributed by atoms with Gasteiger partial charge in [-0.05, 0) is 92.4 Å². The molecule has 41 heavy (non-hydrogen) atoms. The van der Waals surface area contributed by atoms with Crippen molar-refractivity contribution < 1.29 is 23.8 Å². The minimum absolute atomic E-state index is 0.140. The van der Waals surface area contributed by atoms with Gasteiger partial charge in [-0.25, -0.2) is 13.9 Å². The smallest absolute Gasteiger partial charge is 0.407 e. The van der Waals surface area contributed by atoms with Crippen molar-refractivity contribution in [1.29, 1.82) is 5.26 Å². The topological polar surface area (TPSA) is 117 Å². The Kier molecular flexibility index (Phi) is 8.65. The number of benzene rings is 3. The fourth-order valence-corrected chi connectivity index (χ4v) is 4.28. The molecule has 8 nitrogen and oxygen atoms in total. The molecule has 4 aromatic rings. The minimum atomic E-state index is -1.05. The number of rotatable bonds is 8. The van der Waals surface area contributed by atoms with Gasteiger partial charge in [0.25, 0.3) is 0 Å². The van der Waals surface area contributed by atoms with Gasteiger partial charge in [0.1, 0.15) is 23.2 Å². The first-order valence-corrected chi connectivity index (χ1v) is 13.1. The Morgan fingerprint density at radius 2 is 1.78 bits per heavy atom. The number of alkyl carbamates (subject to hydrolysis) is 1. The van der Waals surface area contributed by atoms with Crippen LogP contribution >= 0.6 is 0 Å². The molecule has 0 saturated heterocycles. The van der Waals surface area contributed by atoms with Crippen LogP contribution in [0.3, 0.4) is 0 Å². The zero-order chi connectivity index (χ0) is 29.7. The molecule has 1 heterocycles. The van der Waals surface area contributed by atoms with E-state index in [0.29, 0.717) is 28.1 Å². The maximum Gasteiger partial charge on any atom is 0.407 e. The van der Waals surface area contributed by atoms with Crippen molar-refractivity contribution in [2.75, 3.05) is 0 Å². The number of nitrogens with one attached hydrogen (secondary N) is 1. The Hall–Kier alpha value is -4.81. The number of aromatic nitrogens is 2. The van der Waals surface area contributed by atoms with Gasteiger partial charge in [-0.1, -0.05) is 30.3 Å². The predicted molar refractivity (Wildman–Crippen MR) is 151 cm³/mol. The first-order valence-electron chi connectivity index (χ1n) is 13.1. The molecular weight excluding hydrogens is 523 g/mol. The second kappa shape index (κ2) is 12.1. The highest BCUT2D eigenvalue weighted by Gasteiger charge is 2.20. The number of hydrogen-bond donors (Lipinski definition) is 2. The first kappa shape index (κ1) is 29.2. The maximum atomic E-state index is 14.8. The Bertz CT molecular complexity index is 1610. The summed E-state index contributed by atoms with van der Waals surface area (Å²) >= 11 is 0. The van der Waals surface area contributed by atoms with E-state index in [4.69, 9.17) is 10.00 Å². The highest BCUT2D eigenvalue weighted by molar-refractivity contribution is 5.96. The number of halogens is 1. The summed E-state index contributed by atoms with van der Waals surface area (Å²) < 4.78 is 21.6. The molecule has 1 unspecified atom stereocenters. The van der Waals surface area contributed by atoms with Gasteiger partial charge in [-0.3, -0.25) is 4.79 Å². The van der Waals surface area contributed by atoms with E-state index in [9.17, 15) is 19.1 Å². The summed E-state index contributed by atoms with van der Waals surface area (Å²) in [5.74, 6) is -0.918. The second-order valence-electron chi connectivity index (χ2n) is 10.7. The zero-order valence-corrected chi connectivity index (χ0v) is 23.3. The standard InChI is InChI=1S/C32H31FN4O4/c1-20-14-28(37(36-20)26-7-5-6-22(15-26)19-35-31(40)41-32(2,3)4)29(38)17-25-16-24(12-13-27(25)33)30(39)23-10-8-21(18-34)9-11-23/h5-16,30,39H,17,19H2,1-4H3,(H,35,40). The average molecular weight is 555 g/mol. The van der Waals surface area contributed by atoms with E-state index < -0.39 is 23.6 Å². The van der Waals surface area contributed by atoms with Crippen molar-refractivity contribution in [3.63, 3.8) is 0 Å². The number of aliphatic hydroxyl groups is 1. The summed E-state index contributed by atoms with van der Waals surface area (Å²) in [6.07, 6.45) is -1.84. The fourth-order valence-electron chi connectivity index (χ4n) is 4.28. The normalized spacial score (nSPS) is 11.9. The van der Waals surface area contributed by atoms with E-state index in [1.807, 2.05) is 12.1 Å². The number of ether oxygens (including phenoxy) is 1. The molecule has 4 rings (SSSR count). The SMILES string of the molecule is Cc1cc(C(=O)Cc2cc(C(O)c3ccc(C#N)cc3)ccc2F)n(-c2cccc(CNC(=O)OC(C)(C)C)c2)n1. The Morgan fingerprint density at radius 3 is 2.46 bits per heavy atom. The van der Waals surface area contributed by atoms with Crippen LogP contribution < -0.4 is 5.32 Å². The number of hydrogen-bond acceptors (Lipinski definition) is 6. The Morgan fingerprint density at radius 1 is 1.07 bits per heavy atom. The van der Waals surface area contributed by atoms with Crippen LogP contribution in [-0.4, -0.2) is 32.4 Å². The van der Waals surface area contributed by atoms with E-state index in [0.717, 1.165) is 5.56 Å². The van der Waals surface area contributed by atoms with Crippen molar-refractivity contribution in [3.05, 3.63) is 118 Å². The summed E-state index contributed by atoms with van der Waals surface area (Å²) in [6, 6.07) is 21.5. The number of aliphatic hydroxyl groups excluding tert-OH is 1.